The van der Waals surface area contributed by atoms with Crippen LogP contribution in [0.2, 0.25) is 0 Å². The molecule has 0 aliphatic heterocycles. The molecule has 0 atom stereocenters. The van der Waals surface area contributed by atoms with E-state index in [-0.39, 0.29) is 6.42 Å². The van der Waals surface area contributed by atoms with E-state index in [4.69, 9.17) is 0 Å². The molecule has 0 aromatic heterocycles. The van der Waals surface area contributed by atoms with Crippen LogP contribution in [0.4, 0.5) is 32.6 Å². The van der Waals surface area contributed by atoms with Gasteiger partial charge in [-0.2, -0.15) is 0 Å². The Kier molecular flexibility index (Phi) is 4.44. The van der Waals surface area contributed by atoms with Gasteiger partial charge in [-0.05, 0) is 24.5 Å². The van der Waals surface area contributed by atoms with E-state index in [9.17, 15) is 32.6 Å². The zero-order valence-corrected chi connectivity index (χ0v) is 11.3. The molecule has 0 fully saturated rings. The van der Waals surface area contributed by atoms with E-state index in [0.717, 1.165) is 6.07 Å². The van der Waals surface area contributed by atoms with Gasteiger partial charge in [0.1, 0.15) is 19.0 Å². The highest BCUT2D eigenvalue weighted by Gasteiger charge is 2.69. The van der Waals surface area contributed by atoms with Crippen LogP contribution in [0.25, 0.3) is 0 Å². The Morgan fingerprint density at radius 1 is 0.952 bits per heavy atom. The van der Waals surface area contributed by atoms with E-state index in [1.165, 1.54) is 0 Å². The summed E-state index contributed by atoms with van der Waals surface area (Å²) in [6.45, 7) is -3.10. The fraction of sp³-hybridized carbons (Fsp3) is 0.455. The molecule has 124 valence electrons. The summed E-state index contributed by atoms with van der Waals surface area (Å²) in [5, 5.41) is 0. The lowest BCUT2D eigenvalue weighted by atomic mass is 10.1. The van der Waals surface area contributed by atoms with Crippen LogP contribution in [0, 0.1) is 5.82 Å². The number of alkyl halides is 2. The van der Waals surface area contributed by atoms with Crippen LogP contribution < -0.4 is 4.74 Å². The van der Waals surface area contributed by atoms with Gasteiger partial charge in [0, 0.05) is 0 Å². The summed E-state index contributed by atoms with van der Waals surface area (Å²) in [7, 11) is -10.4. The molecule has 1 aromatic carbocycles. The molecule has 21 heavy (non-hydrogen) atoms. The quantitative estimate of drug-likeness (QED) is 0.574. The van der Waals surface area contributed by atoms with Crippen molar-refractivity contribution >= 4 is 10.2 Å². The topological polar surface area (TPSA) is 9.23 Å². The van der Waals surface area contributed by atoms with E-state index in [1.54, 1.807) is 0 Å². The van der Waals surface area contributed by atoms with Crippen LogP contribution in [0.5, 0.6) is 5.75 Å². The number of ether oxygens (including phenoxy) is 1. The predicted molar refractivity (Wildman–Crippen MR) is 63.6 cm³/mol. The van der Waals surface area contributed by atoms with Crippen molar-refractivity contribution < 1.29 is 37.3 Å². The average Bonchev–Trinajstić information content (AvgIpc) is 2.31. The minimum absolute atomic E-state index is 0.318. The van der Waals surface area contributed by atoms with Gasteiger partial charge in [0.25, 0.3) is 0 Å². The van der Waals surface area contributed by atoms with Gasteiger partial charge in [-0.3, -0.25) is 4.39 Å². The van der Waals surface area contributed by atoms with Gasteiger partial charge >= 0.3 is 10.2 Å². The molecule has 0 radical (unpaired) electrons. The lowest BCUT2D eigenvalue weighted by Gasteiger charge is -2.41. The van der Waals surface area contributed by atoms with Gasteiger partial charge in [0.05, 0.1) is 6.67 Å². The maximum absolute atomic E-state index is 13.8. The fourth-order valence-corrected chi connectivity index (χ4v) is 2.63. The Hall–Kier alpha value is -1.19. The van der Waals surface area contributed by atoms with Crippen LogP contribution >= 0.6 is 10.2 Å². The van der Waals surface area contributed by atoms with Crippen LogP contribution in [0.3, 0.4) is 0 Å². The fourth-order valence-electron chi connectivity index (χ4n) is 1.65. The largest absolute Gasteiger partial charge is 0.489 e. The standard InChI is InChI=1S/C11H12F8OS/c12-5-1-2-8-3-4-9(20-7-6-13)11(10(8)14)21(15,16,17,18)19/h3-4H,1-2,5-7H2. The van der Waals surface area contributed by atoms with Gasteiger partial charge in [0.2, 0.25) is 0 Å². The molecule has 1 aromatic rings. The third kappa shape index (κ3) is 4.65. The molecule has 1 rings (SSSR count). The van der Waals surface area contributed by atoms with Crippen molar-refractivity contribution in [2.75, 3.05) is 20.0 Å². The Labute approximate surface area is 115 Å². The minimum atomic E-state index is -10.4. The van der Waals surface area contributed by atoms with Gasteiger partial charge in [0.15, 0.2) is 10.7 Å². The molecular weight excluding hydrogens is 332 g/mol. The van der Waals surface area contributed by atoms with Crippen molar-refractivity contribution in [1.82, 2.24) is 0 Å². The molecule has 0 spiro atoms. The van der Waals surface area contributed by atoms with Crippen molar-refractivity contribution in [1.29, 1.82) is 0 Å². The Morgan fingerprint density at radius 2 is 1.57 bits per heavy atom. The number of halogens is 8. The Morgan fingerprint density at radius 3 is 2.05 bits per heavy atom. The van der Waals surface area contributed by atoms with Crippen LogP contribution in [-0.2, 0) is 6.42 Å². The van der Waals surface area contributed by atoms with E-state index >= 15 is 0 Å². The SMILES string of the molecule is FCCCc1ccc(OCCF)c(S(F)(F)(F)(F)F)c1F. The van der Waals surface area contributed by atoms with E-state index in [0.29, 0.717) is 6.07 Å². The van der Waals surface area contributed by atoms with Gasteiger partial charge < -0.3 is 4.74 Å². The molecule has 0 aliphatic rings. The second kappa shape index (κ2) is 5.22. The maximum atomic E-state index is 13.8. The summed E-state index contributed by atoms with van der Waals surface area (Å²) in [6, 6.07) is 1.27. The molecule has 0 amide bonds. The highest BCUT2D eigenvalue weighted by Crippen LogP contribution is 3.03. The first-order valence-electron chi connectivity index (χ1n) is 5.71. The average molecular weight is 344 g/mol. The smallest absolute Gasteiger partial charge is 0.316 e. The number of rotatable bonds is 7. The number of hydrogen-bond donors (Lipinski definition) is 0. The summed E-state index contributed by atoms with van der Waals surface area (Å²) < 4.78 is 106. The van der Waals surface area contributed by atoms with Gasteiger partial charge in [-0.25, -0.2) is 8.78 Å². The molecular formula is C11H12F8OS. The Balaban J connectivity index is 3.47. The molecule has 10 heteroatoms. The number of benzene rings is 1. The molecule has 0 heterocycles. The zero-order valence-electron chi connectivity index (χ0n) is 10.5. The van der Waals surface area contributed by atoms with E-state index in [1.807, 2.05) is 0 Å². The maximum Gasteiger partial charge on any atom is 0.316 e. The van der Waals surface area contributed by atoms with Crippen LogP contribution in [0.1, 0.15) is 12.0 Å². The van der Waals surface area contributed by atoms with Crippen molar-refractivity contribution in [3.05, 3.63) is 23.5 Å². The zero-order chi connectivity index (χ0) is 16.4. The Bertz CT molecular complexity index is 512. The lowest BCUT2D eigenvalue weighted by molar-refractivity contribution is 0.257. The number of aryl methyl sites for hydroxylation is 1. The van der Waals surface area contributed by atoms with E-state index < -0.39 is 58.6 Å². The summed E-state index contributed by atoms with van der Waals surface area (Å²) in [5.41, 5.74) is -0.705. The third-order valence-corrected chi connectivity index (χ3v) is 3.59. The van der Waals surface area contributed by atoms with Crippen molar-refractivity contribution in [3.8, 4) is 5.75 Å². The highest BCUT2D eigenvalue weighted by atomic mass is 32.5. The second-order valence-corrected chi connectivity index (χ2v) is 6.51. The van der Waals surface area contributed by atoms with Crippen LogP contribution in [0.15, 0.2) is 17.0 Å². The first-order valence-corrected chi connectivity index (χ1v) is 7.66. The molecule has 1 nitrogen and oxygen atoms in total. The third-order valence-electron chi connectivity index (χ3n) is 2.44. The normalized spacial score (nSPS) is 15.4. The summed E-state index contributed by atoms with van der Waals surface area (Å²) in [6.07, 6.45) is -0.798. The second-order valence-electron chi connectivity index (χ2n) is 4.16. The monoisotopic (exact) mass is 344 g/mol. The highest BCUT2D eigenvalue weighted by molar-refractivity contribution is 8.45. The molecule has 0 saturated heterocycles. The molecule has 0 N–H and O–H groups in total. The van der Waals surface area contributed by atoms with Gasteiger partial charge in [-0.15, -0.1) is 0 Å². The van der Waals surface area contributed by atoms with Gasteiger partial charge in [-0.1, -0.05) is 25.5 Å². The molecule has 0 unspecified atom stereocenters. The number of hydrogen-bond acceptors (Lipinski definition) is 1. The summed E-state index contributed by atoms with van der Waals surface area (Å²) in [4.78, 5) is -2.82. The lowest BCUT2D eigenvalue weighted by Crippen LogP contribution is -2.14. The molecule has 0 saturated carbocycles. The van der Waals surface area contributed by atoms with E-state index in [2.05, 4.69) is 4.74 Å². The molecule has 0 aliphatic carbocycles. The minimum Gasteiger partial charge on any atom is -0.489 e. The summed E-state index contributed by atoms with van der Waals surface area (Å²) in [5.74, 6) is -3.69. The van der Waals surface area contributed by atoms with Crippen molar-refractivity contribution in [2.45, 2.75) is 17.7 Å². The van der Waals surface area contributed by atoms with Crippen molar-refractivity contribution in [2.24, 2.45) is 0 Å². The van der Waals surface area contributed by atoms with Crippen molar-refractivity contribution in [3.63, 3.8) is 0 Å². The summed E-state index contributed by atoms with van der Waals surface area (Å²) >= 11 is 0. The van der Waals surface area contributed by atoms with Crippen LogP contribution in [-0.4, -0.2) is 20.0 Å². The first kappa shape index (κ1) is 17.9. The predicted octanol–water partition coefficient (Wildman–Crippen LogP) is 5.73. The molecule has 0 bridgehead atoms. The first-order chi connectivity index (χ1) is 9.40.